The Morgan fingerprint density at radius 3 is 0.904 bits per heavy atom. The molecule has 0 radical (unpaired) electrons. The van der Waals surface area contributed by atoms with E-state index < -0.39 is 97.5 Å². The van der Waals surface area contributed by atoms with Gasteiger partial charge >= 0.3 is 39.5 Å². The number of hydrogen-bond acceptors (Lipinski definition) is 15. The number of esters is 4. The normalized spacial score (nSPS) is 14.7. The predicted molar refractivity (Wildman–Crippen MR) is 381 cm³/mol. The smallest absolute Gasteiger partial charge is 0.462 e. The van der Waals surface area contributed by atoms with Crippen LogP contribution in [0.4, 0.5) is 0 Å². The second-order valence-electron chi connectivity index (χ2n) is 23.8. The minimum absolute atomic E-state index is 0.0697. The highest BCUT2D eigenvalue weighted by Crippen LogP contribution is 2.45. The molecule has 0 saturated carbocycles. The predicted octanol–water partition coefficient (Wildman–Crippen LogP) is 20.2. The summed E-state index contributed by atoms with van der Waals surface area (Å²) in [7, 11) is -9.95. The van der Waals surface area contributed by atoms with Gasteiger partial charge in [-0.25, -0.2) is 9.13 Å². The molecule has 0 aromatic heterocycles. The van der Waals surface area contributed by atoms with Crippen molar-refractivity contribution in [2.45, 2.75) is 303 Å². The number of rotatable bonds is 67. The Bertz CT molecular complexity index is 2220. The largest absolute Gasteiger partial charge is 0.472 e. The summed E-state index contributed by atoms with van der Waals surface area (Å²) in [5.74, 6) is -2.24. The molecule has 0 rings (SSSR count). The number of ether oxygens (including phenoxy) is 4. The van der Waals surface area contributed by atoms with Crippen molar-refractivity contribution in [2.24, 2.45) is 0 Å². The molecule has 0 spiro atoms. The number of phosphoric acid groups is 2. The number of phosphoric ester groups is 2. The van der Waals surface area contributed by atoms with Crippen molar-refractivity contribution in [3.05, 3.63) is 109 Å². The monoisotopic (exact) mass is 1360 g/mol. The summed E-state index contributed by atoms with van der Waals surface area (Å²) in [6, 6.07) is 0. The molecule has 0 aliphatic heterocycles. The zero-order valence-electron chi connectivity index (χ0n) is 58.6. The average Bonchev–Trinajstić information content (AvgIpc) is 1.36. The second kappa shape index (κ2) is 67.3. The average molecular weight is 1360 g/mol. The molecular formula is C75H128O17P2. The molecule has 19 heteroatoms. The Morgan fingerprint density at radius 2 is 0.574 bits per heavy atom. The Kier molecular flexibility index (Phi) is 64.2. The summed E-state index contributed by atoms with van der Waals surface area (Å²) < 4.78 is 68.2. The summed E-state index contributed by atoms with van der Waals surface area (Å²) in [6.45, 7) is 4.47. The third-order valence-electron chi connectivity index (χ3n) is 14.7. The molecule has 0 heterocycles. The van der Waals surface area contributed by atoms with Gasteiger partial charge in [-0.1, -0.05) is 233 Å². The van der Waals surface area contributed by atoms with E-state index in [-0.39, 0.29) is 25.7 Å². The SMILES string of the molecule is CC/C=C\C/C=C\C/C=C\CCCCCCCC(=O)OCC(COP(=O)(O)OCC(O)COP(=O)(O)OCC(COC(=O)CCCCCCC/C=C\C/C=C\CCC)OC(=O)CCCCCCC/C=C\CCCC)OC(=O)CCCCCCC/C=C\C/C=C\C/C=C\CC. The molecular weight excluding hydrogens is 1230 g/mol. The van der Waals surface area contributed by atoms with Gasteiger partial charge < -0.3 is 33.8 Å². The summed E-state index contributed by atoms with van der Waals surface area (Å²) in [6.07, 6.45) is 69.5. The Labute approximate surface area is 569 Å². The first-order chi connectivity index (χ1) is 45.7. The van der Waals surface area contributed by atoms with Gasteiger partial charge in [0.25, 0.3) is 0 Å². The van der Waals surface area contributed by atoms with Crippen molar-refractivity contribution in [1.29, 1.82) is 0 Å². The molecule has 0 fully saturated rings. The zero-order chi connectivity index (χ0) is 69.0. The molecule has 0 amide bonds. The van der Waals surface area contributed by atoms with Crippen LogP contribution in [-0.2, 0) is 65.4 Å². The minimum Gasteiger partial charge on any atom is -0.462 e. The Balaban J connectivity index is 5.37. The van der Waals surface area contributed by atoms with E-state index in [1.165, 1.54) is 12.8 Å². The number of allylic oxidation sites excluding steroid dienone is 18. The molecule has 94 heavy (non-hydrogen) atoms. The summed E-state index contributed by atoms with van der Waals surface area (Å²) in [5.41, 5.74) is 0. The molecule has 0 aliphatic carbocycles. The fraction of sp³-hybridized carbons (Fsp3) is 0.707. The van der Waals surface area contributed by atoms with E-state index in [0.717, 1.165) is 193 Å². The van der Waals surface area contributed by atoms with Gasteiger partial charge in [0.1, 0.15) is 19.3 Å². The summed E-state index contributed by atoms with van der Waals surface area (Å²) in [5, 5.41) is 10.6. The first-order valence-electron chi connectivity index (χ1n) is 36.1. The topological polar surface area (TPSA) is 237 Å². The molecule has 17 nitrogen and oxygen atoms in total. The van der Waals surface area contributed by atoms with Crippen molar-refractivity contribution >= 4 is 39.5 Å². The molecule has 0 saturated heterocycles. The zero-order valence-corrected chi connectivity index (χ0v) is 60.4. The van der Waals surface area contributed by atoms with E-state index in [4.69, 9.17) is 37.0 Å². The quantitative estimate of drug-likeness (QED) is 0.0169. The van der Waals surface area contributed by atoms with E-state index in [9.17, 15) is 43.2 Å². The van der Waals surface area contributed by atoms with Crippen LogP contribution in [-0.4, -0.2) is 96.7 Å². The molecule has 0 aliphatic rings. The molecule has 3 N–H and O–H groups in total. The van der Waals surface area contributed by atoms with E-state index in [2.05, 4.69) is 137 Å². The lowest BCUT2D eigenvalue weighted by Crippen LogP contribution is -2.30. The van der Waals surface area contributed by atoms with Gasteiger partial charge in [0.05, 0.1) is 26.4 Å². The fourth-order valence-corrected chi connectivity index (χ4v) is 10.8. The highest BCUT2D eigenvalue weighted by Gasteiger charge is 2.30. The number of aliphatic hydroxyl groups excluding tert-OH is 1. The van der Waals surface area contributed by atoms with Crippen molar-refractivity contribution in [2.75, 3.05) is 39.6 Å². The van der Waals surface area contributed by atoms with Gasteiger partial charge in [-0.3, -0.25) is 37.3 Å². The lowest BCUT2D eigenvalue weighted by Gasteiger charge is -2.21. The van der Waals surface area contributed by atoms with Gasteiger partial charge in [0.2, 0.25) is 0 Å². The lowest BCUT2D eigenvalue weighted by atomic mass is 10.1. The van der Waals surface area contributed by atoms with Crippen LogP contribution in [0.5, 0.6) is 0 Å². The Hall–Kier alpha value is -4.28. The van der Waals surface area contributed by atoms with Crippen LogP contribution in [0.25, 0.3) is 0 Å². The van der Waals surface area contributed by atoms with Crippen molar-refractivity contribution < 1.29 is 80.2 Å². The van der Waals surface area contributed by atoms with E-state index in [1.54, 1.807) is 0 Å². The van der Waals surface area contributed by atoms with Crippen molar-refractivity contribution in [3.63, 3.8) is 0 Å². The molecule has 0 bridgehead atoms. The van der Waals surface area contributed by atoms with Crippen LogP contribution in [0.1, 0.15) is 285 Å². The lowest BCUT2D eigenvalue weighted by molar-refractivity contribution is -0.161. The fourth-order valence-electron chi connectivity index (χ4n) is 9.21. The number of unbranched alkanes of at least 4 members (excludes halogenated alkanes) is 23. The van der Waals surface area contributed by atoms with Crippen molar-refractivity contribution in [3.8, 4) is 0 Å². The van der Waals surface area contributed by atoms with Gasteiger partial charge in [0, 0.05) is 25.7 Å². The highest BCUT2D eigenvalue weighted by molar-refractivity contribution is 7.47. The van der Waals surface area contributed by atoms with Gasteiger partial charge in [-0.05, 0) is 135 Å². The van der Waals surface area contributed by atoms with Crippen LogP contribution in [0.2, 0.25) is 0 Å². The minimum atomic E-state index is -4.98. The highest BCUT2D eigenvalue weighted by atomic mass is 31.2. The number of hydrogen-bond donors (Lipinski definition) is 3. The third kappa shape index (κ3) is 66.3. The van der Waals surface area contributed by atoms with E-state index >= 15 is 0 Å². The number of carbonyl (C=O) groups is 4. The van der Waals surface area contributed by atoms with Crippen molar-refractivity contribution in [1.82, 2.24) is 0 Å². The maximum atomic E-state index is 13.0. The molecule has 0 aromatic rings. The summed E-state index contributed by atoms with van der Waals surface area (Å²) >= 11 is 0. The third-order valence-corrected chi connectivity index (χ3v) is 16.6. The Morgan fingerprint density at radius 1 is 0.309 bits per heavy atom. The molecule has 540 valence electrons. The first-order valence-corrected chi connectivity index (χ1v) is 39.1. The van der Waals surface area contributed by atoms with Crippen LogP contribution < -0.4 is 0 Å². The van der Waals surface area contributed by atoms with Crippen LogP contribution in [0, 0.1) is 0 Å². The van der Waals surface area contributed by atoms with Crippen LogP contribution in [0.3, 0.4) is 0 Å². The number of carbonyl (C=O) groups excluding carboxylic acids is 4. The molecule has 5 unspecified atom stereocenters. The van der Waals surface area contributed by atoms with E-state index in [0.29, 0.717) is 25.7 Å². The molecule has 5 atom stereocenters. The number of aliphatic hydroxyl groups is 1. The first kappa shape index (κ1) is 89.7. The van der Waals surface area contributed by atoms with E-state index in [1.807, 2.05) is 0 Å². The standard InChI is InChI=1S/C75H128O17P2/c1-5-9-13-17-21-25-29-32-34-37-41-44-48-52-56-60-73(78)86-66-71(92-75(80)62-58-54-50-46-42-38-35-33-30-26-22-18-14-10-6-2)68-90-94(83,84)88-64-69(76)63-87-93(81,82)89-67-70(91-74(79)61-57-53-49-45-39-28-24-20-16-12-8-4)65-85-72(77)59-55-51-47-43-40-36-31-27-23-19-15-11-7-3/h9-10,13-15,19-22,24-27,31-35,69-71,76H,5-8,11-12,16-18,23,28-30,36-68H2,1-4H3,(H,81,82)(H,83,84)/b13-9-,14-10-,19-15-,24-20-,25-21-,26-22-,31-27-,34-32-,35-33-. The van der Waals surface area contributed by atoms with Crippen LogP contribution >= 0.6 is 15.6 Å². The second-order valence-corrected chi connectivity index (χ2v) is 26.7. The van der Waals surface area contributed by atoms with Gasteiger partial charge in [-0.2, -0.15) is 0 Å². The summed E-state index contributed by atoms with van der Waals surface area (Å²) in [4.78, 5) is 72.6. The van der Waals surface area contributed by atoms with Gasteiger partial charge in [0.15, 0.2) is 12.2 Å². The van der Waals surface area contributed by atoms with Crippen LogP contribution in [0.15, 0.2) is 109 Å². The molecule has 0 aromatic carbocycles. The van der Waals surface area contributed by atoms with Gasteiger partial charge in [-0.15, -0.1) is 0 Å². The maximum absolute atomic E-state index is 13.0. The maximum Gasteiger partial charge on any atom is 0.472 e.